The van der Waals surface area contributed by atoms with Crippen LogP contribution in [0.3, 0.4) is 0 Å². The predicted octanol–water partition coefficient (Wildman–Crippen LogP) is 3.30. The molecule has 3 rings (SSSR count). The van der Waals surface area contributed by atoms with Crippen LogP contribution in [0.1, 0.15) is 29.8 Å². The Balaban J connectivity index is 2.22. The Morgan fingerprint density at radius 3 is 2.27 bits per heavy atom. The molecule has 0 amide bonds. The first-order valence-corrected chi connectivity index (χ1v) is 6.81. The van der Waals surface area contributed by atoms with Crippen LogP contribution < -0.4 is 0 Å². The highest BCUT2D eigenvalue weighted by Gasteiger charge is 2.53. The number of hydrogen-bond donors (Lipinski definition) is 0. The number of rotatable bonds is 3. The van der Waals surface area contributed by atoms with Crippen molar-refractivity contribution in [3.05, 3.63) is 60.0 Å². The molecule has 22 heavy (non-hydrogen) atoms. The molecule has 0 saturated carbocycles. The fourth-order valence-electron chi connectivity index (χ4n) is 3.12. The van der Waals surface area contributed by atoms with Gasteiger partial charge in [-0.05, 0) is 30.7 Å². The van der Waals surface area contributed by atoms with E-state index in [4.69, 9.17) is 8.83 Å². The molecule has 108 valence electrons. The number of carbonyl (C=O) groups excluding carboxylic acids is 1. The molecule has 0 radical (unpaired) electrons. The first-order valence-electron chi connectivity index (χ1n) is 6.81. The van der Waals surface area contributed by atoms with Gasteiger partial charge in [0, 0.05) is 5.57 Å². The van der Waals surface area contributed by atoms with Crippen LogP contribution in [-0.2, 0) is 4.79 Å². The van der Waals surface area contributed by atoms with E-state index in [0.717, 1.165) is 0 Å². The number of furan rings is 2. The van der Waals surface area contributed by atoms with Crippen molar-refractivity contribution in [3.8, 4) is 12.1 Å². The number of hydrogen-bond acceptors (Lipinski definition) is 5. The minimum absolute atomic E-state index is 0.389. The SMILES string of the molecule is N#CC1(C#N)[C@H](c2ccco2)CC=C(C=O)[C@H]1c1ccco1. The minimum Gasteiger partial charge on any atom is -0.469 e. The second-order valence-electron chi connectivity index (χ2n) is 5.17. The Kier molecular flexibility index (Phi) is 3.40. The van der Waals surface area contributed by atoms with E-state index in [1.165, 1.54) is 12.5 Å². The van der Waals surface area contributed by atoms with E-state index in [0.29, 0.717) is 29.8 Å². The van der Waals surface area contributed by atoms with Gasteiger partial charge in [-0.25, -0.2) is 0 Å². The highest BCUT2D eigenvalue weighted by molar-refractivity contribution is 5.77. The third-order valence-corrected chi connectivity index (χ3v) is 4.15. The maximum absolute atomic E-state index is 11.4. The van der Waals surface area contributed by atoms with E-state index < -0.39 is 17.3 Å². The van der Waals surface area contributed by atoms with Crippen molar-refractivity contribution in [1.29, 1.82) is 10.5 Å². The third-order valence-electron chi connectivity index (χ3n) is 4.15. The van der Waals surface area contributed by atoms with E-state index in [1.807, 2.05) is 0 Å². The van der Waals surface area contributed by atoms with Crippen molar-refractivity contribution in [2.24, 2.45) is 5.41 Å². The summed E-state index contributed by atoms with van der Waals surface area (Å²) in [5, 5.41) is 19.6. The van der Waals surface area contributed by atoms with Crippen molar-refractivity contribution in [2.45, 2.75) is 18.3 Å². The van der Waals surface area contributed by atoms with E-state index in [2.05, 4.69) is 12.1 Å². The second kappa shape index (κ2) is 5.38. The fraction of sp³-hybridized carbons (Fsp3) is 0.235. The highest BCUT2D eigenvalue weighted by atomic mass is 16.3. The summed E-state index contributed by atoms with van der Waals surface area (Å²) >= 11 is 0. The van der Waals surface area contributed by atoms with E-state index in [1.54, 1.807) is 30.3 Å². The van der Waals surface area contributed by atoms with Gasteiger partial charge in [0.2, 0.25) is 0 Å². The molecule has 5 heteroatoms. The second-order valence-corrected chi connectivity index (χ2v) is 5.17. The molecule has 0 fully saturated rings. The molecule has 1 aliphatic carbocycles. The first-order chi connectivity index (χ1) is 10.8. The maximum Gasteiger partial charge on any atom is 0.167 e. The first kappa shape index (κ1) is 13.9. The minimum atomic E-state index is -1.46. The van der Waals surface area contributed by atoms with Crippen molar-refractivity contribution < 1.29 is 13.6 Å². The van der Waals surface area contributed by atoms with Crippen LogP contribution in [0.5, 0.6) is 0 Å². The lowest BCUT2D eigenvalue weighted by Gasteiger charge is -2.37. The van der Waals surface area contributed by atoms with Crippen molar-refractivity contribution in [1.82, 2.24) is 0 Å². The zero-order valence-corrected chi connectivity index (χ0v) is 11.6. The number of carbonyl (C=O) groups is 1. The molecule has 0 aliphatic heterocycles. The van der Waals surface area contributed by atoms with Gasteiger partial charge in [-0.1, -0.05) is 6.08 Å². The van der Waals surface area contributed by atoms with Gasteiger partial charge in [0.05, 0.1) is 36.5 Å². The van der Waals surface area contributed by atoms with Crippen molar-refractivity contribution >= 4 is 6.29 Å². The van der Waals surface area contributed by atoms with Crippen LogP contribution in [-0.4, -0.2) is 6.29 Å². The molecule has 0 saturated heterocycles. The molecule has 2 atom stereocenters. The zero-order chi connectivity index (χ0) is 15.6. The van der Waals surface area contributed by atoms with Crippen LogP contribution in [0, 0.1) is 28.1 Å². The summed E-state index contributed by atoms with van der Waals surface area (Å²) in [4.78, 5) is 11.4. The van der Waals surface area contributed by atoms with Crippen LogP contribution in [0.2, 0.25) is 0 Å². The zero-order valence-electron chi connectivity index (χ0n) is 11.6. The topological polar surface area (TPSA) is 90.9 Å². The molecule has 0 spiro atoms. The lowest BCUT2D eigenvalue weighted by molar-refractivity contribution is -0.105. The summed E-state index contributed by atoms with van der Waals surface area (Å²) < 4.78 is 10.8. The summed E-state index contributed by atoms with van der Waals surface area (Å²) in [5.74, 6) is -0.214. The molecule has 2 heterocycles. The maximum atomic E-state index is 11.4. The Morgan fingerprint density at radius 1 is 1.14 bits per heavy atom. The Bertz CT molecular complexity index is 759. The van der Waals surface area contributed by atoms with Crippen LogP contribution >= 0.6 is 0 Å². The smallest absolute Gasteiger partial charge is 0.167 e. The normalized spacial score (nSPS) is 23.1. The van der Waals surface area contributed by atoms with E-state index in [9.17, 15) is 15.3 Å². The largest absolute Gasteiger partial charge is 0.469 e. The van der Waals surface area contributed by atoms with Gasteiger partial charge >= 0.3 is 0 Å². The van der Waals surface area contributed by atoms with Crippen LogP contribution in [0.4, 0.5) is 0 Å². The van der Waals surface area contributed by atoms with Gasteiger partial charge in [-0.2, -0.15) is 10.5 Å². The Hall–Kier alpha value is -3.05. The van der Waals surface area contributed by atoms with Gasteiger partial charge in [0.15, 0.2) is 5.41 Å². The molecule has 0 aromatic carbocycles. The van der Waals surface area contributed by atoms with E-state index >= 15 is 0 Å². The Morgan fingerprint density at radius 2 is 1.77 bits per heavy atom. The standard InChI is InChI=1S/C17H12N2O3/c18-10-17(11-19)13(14-3-1-7-21-14)6-5-12(9-20)16(17)15-4-2-8-22-15/h1-5,7-9,13,16H,6H2/t13-,16-/m0/s1. The summed E-state index contributed by atoms with van der Waals surface area (Å²) in [6.07, 6.45) is 5.80. The number of nitriles is 2. The average Bonchev–Trinajstić information content (AvgIpc) is 3.26. The summed E-state index contributed by atoms with van der Waals surface area (Å²) in [5.41, 5.74) is -1.07. The molecule has 5 nitrogen and oxygen atoms in total. The van der Waals surface area contributed by atoms with Crippen LogP contribution in [0.25, 0.3) is 0 Å². The summed E-state index contributed by atoms with van der Waals surface area (Å²) in [7, 11) is 0. The Labute approximate surface area is 127 Å². The van der Waals surface area contributed by atoms with Gasteiger partial charge in [0.25, 0.3) is 0 Å². The average molecular weight is 292 g/mol. The monoisotopic (exact) mass is 292 g/mol. The van der Waals surface area contributed by atoms with Crippen molar-refractivity contribution in [2.75, 3.05) is 0 Å². The fourth-order valence-corrected chi connectivity index (χ4v) is 3.12. The van der Waals surface area contributed by atoms with E-state index in [-0.39, 0.29) is 0 Å². The predicted molar refractivity (Wildman–Crippen MR) is 75.3 cm³/mol. The number of nitrogens with zero attached hydrogens (tertiary/aromatic N) is 2. The highest BCUT2D eigenvalue weighted by Crippen LogP contribution is 2.54. The molecular formula is C17H12N2O3. The summed E-state index contributed by atoms with van der Waals surface area (Å²) in [6, 6.07) is 11.1. The molecule has 0 N–H and O–H groups in total. The third kappa shape index (κ3) is 1.88. The molecule has 0 bridgehead atoms. The molecule has 1 aliphatic rings. The number of aldehydes is 1. The molecule has 2 aromatic heterocycles. The van der Waals surface area contributed by atoms with Gasteiger partial charge in [0.1, 0.15) is 17.8 Å². The van der Waals surface area contributed by atoms with Crippen molar-refractivity contribution in [3.63, 3.8) is 0 Å². The number of allylic oxidation sites excluding steroid dienone is 2. The van der Waals surface area contributed by atoms with Gasteiger partial charge < -0.3 is 8.83 Å². The van der Waals surface area contributed by atoms with Gasteiger partial charge in [-0.3, -0.25) is 4.79 Å². The lowest BCUT2D eigenvalue weighted by atomic mass is 9.60. The lowest BCUT2D eigenvalue weighted by Crippen LogP contribution is -2.36. The quantitative estimate of drug-likeness (QED) is 0.809. The van der Waals surface area contributed by atoms with Gasteiger partial charge in [-0.15, -0.1) is 0 Å². The molecule has 0 unspecified atom stereocenters. The van der Waals surface area contributed by atoms with Crippen LogP contribution in [0.15, 0.2) is 57.3 Å². The molecular weight excluding hydrogens is 280 g/mol. The summed E-state index contributed by atoms with van der Waals surface area (Å²) in [6.45, 7) is 0. The molecule has 2 aromatic rings.